The Hall–Kier alpha value is -1.39. The van der Waals surface area contributed by atoms with Crippen molar-refractivity contribution >= 4 is 5.52 Å². The summed E-state index contributed by atoms with van der Waals surface area (Å²) in [6.45, 7) is 2.71. The Morgan fingerprint density at radius 2 is 2.47 bits per heavy atom. The Kier molecular flexibility index (Phi) is 3.07. The van der Waals surface area contributed by atoms with Gasteiger partial charge in [0.05, 0.1) is 17.8 Å². The van der Waals surface area contributed by atoms with Gasteiger partial charge >= 0.3 is 0 Å². The molecule has 0 radical (unpaired) electrons. The fourth-order valence-electron chi connectivity index (χ4n) is 2.30. The average molecular weight is 231 g/mol. The first-order valence-corrected chi connectivity index (χ1v) is 6.17. The van der Waals surface area contributed by atoms with Crippen molar-refractivity contribution in [2.45, 2.75) is 25.5 Å². The molecule has 0 saturated carbocycles. The standard InChI is InChI=1S/C13H17N3O/c1-2-6-16-13(5-1)11(9-15-16)8-14-10-12-4-3-7-17-12/h1-2,5-6,9,12,14H,3-4,7-8,10H2. The number of rotatable bonds is 4. The van der Waals surface area contributed by atoms with Crippen molar-refractivity contribution in [3.63, 3.8) is 0 Å². The minimum absolute atomic E-state index is 0.400. The van der Waals surface area contributed by atoms with Crippen LogP contribution in [0.3, 0.4) is 0 Å². The van der Waals surface area contributed by atoms with E-state index in [1.54, 1.807) is 0 Å². The molecular formula is C13H17N3O. The van der Waals surface area contributed by atoms with Gasteiger partial charge in [-0.2, -0.15) is 5.10 Å². The Bertz CT molecular complexity index is 488. The predicted octanol–water partition coefficient (Wildman–Crippen LogP) is 1.60. The minimum Gasteiger partial charge on any atom is -0.377 e. The number of hydrogen-bond acceptors (Lipinski definition) is 3. The molecule has 1 fully saturated rings. The van der Waals surface area contributed by atoms with Crippen LogP contribution in [0.4, 0.5) is 0 Å². The molecule has 4 nitrogen and oxygen atoms in total. The molecule has 1 atom stereocenters. The van der Waals surface area contributed by atoms with E-state index in [9.17, 15) is 0 Å². The summed E-state index contributed by atoms with van der Waals surface area (Å²) in [5.74, 6) is 0. The van der Waals surface area contributed by atoms with E-state index in [0.29, 0.717) is 6.10 Å². The highest BCUT2D eigenvalue weighted by molar-refractivity contribution is 5.53. The maximum atomic E-state index is 5.58. The maximum Gasteiger partial charge on any atom is 0.0706 e. The highest BCUT2D eigenvalue weighted by Crippen LogP contribution is 2.12. The summed E-state index contributed by atoms with van der Waals surface area (Å²) in [7, 11) is 0. The Labute approximate surface area is 101 Å². The summed E-state index contributed by atoms with van der Waals surface area (Å²) in [6.07, 6.45) is 6.68. The fraction of sp³-hybridized carbons (Fsp3) is 0.462. The molecule has 0 bridgehead atoms. The normalized spacial score (nSPS) is 20.1. The molecule has 1 N–H and O–H groups in total. The largest absolute Gasteiger partial charge is 0.377 e. The van der Waals surface area contributed by atoms with Crippen LogP contribution in [0, 0.1) is 0 Å². The van der Waals surface area contributed by atoms with Crippen molar-refractivity contribution in [1.29, 1.82) is 0 Å². The molecule has 4 heteroatoms. The molecule has 1 aliphatic heterocycles. The van der Waals surface area contributed by atoms with Crippen LogP contribution in [0.5, 0.6) is 0 Å². The van der Waals surface area contributed by atoms with E-state index >= 15 is 0 Å². The van der Waals surface area contributed by atoms with Gasteiger partial charge in [0, 0.05) is 31.5 Å². The van der Waals surface area contributed by atoms with Crippen LogP contribution in [-0.4, -0.2) is 28.9 Å². The van der Waals surface area contributed by atoms with Crippen LogP contribution in [0.15, 0.2) is 30.6 Å². The topological polar surface area (TPSA) is 38.6 Å². The van der Waals surface area contributed by atoms with Gasteiger partial charge in [-0.15, -0.1) is 0 Å². The third-order valence-electron chi connectivity index (χ3n) is 3.22. The second-order valence-electron chi connectivity index (χ2n) is 4.47. The zero-order valence-corrected chi connectivity index (χ0v) is 9.80. The first-order chi connectivity index (χ1) is 8.43. The molecule has 0 aliphatic carbocycles. The van der Waals surface area contributed by atoms with Gasteiger partial charge < -0.3 is 10.1 Å². The van der Waals surface area contributed by atoms with E-state index in [2.05, 4.69) is 16.5 Å². The highest BCUT2D eigenvalue weighted by atomic mass is 16.5. The number of hydrogen-bond donors (Lipinski definition) is 1. The fourth-order valence-corrected chi connectivity index (χ4v) is 2.30. The third kappa shape index (κ3) is 2.33. The zero-order chi connectivity index (χ0) is 11.5. The molecule has 3 rings (SSSR count). The summed E-state index contributed by atoms with van der Waals surface area (Å²) in [6, 6.07) is 6.13. The molecule has 0 spiro atoms. The van der Waals surface area contributed by atoms with Crippen LogP contribution in [0.2, 0.25) is 0 Å². The lowest BCUT2D eigenvalue weighted by molar-refractivity contribution is 0.110. The molecule has 2 aromatic rings. The van der Waals surface area contributed by atoms with Gasteiger partial charge in [-0.05, 0) is 25.0 Å². The molecule has 3 heterocycles. The monoisotopic (exact) mass is 231 g/mol. The van der Waals surface area contributed by atoms with Crippen molar-refractivity contribution in [3.8, 4) is 0 Å². The number of aromatic nitrogens is 2. The lowest BCUT2D eigenvalue weighted by Gasteiger charge is -2.09. The predicted molar refractivity (Wildman–Crippen MR) is 65.9 cm³/mol. The Balaban J connectivity index is 1.60. The van der Waals surface area contributed by atoms with Crippen molar-refractivity contribution in [3.05, 3.63) is 36.2 Å². The van der Waals surface area contributed by atoms with Crippen molar-refractivity contribution < 1.29 is 4.74 Å². The van der Waals surface area contributed by atoms with Gasteiger partial charge in [0.1, 0.15) is 0 Å². The van der Waals surface area contributed by atoms with Crippen LogP contribution in [0.1, 0.15) is 18.4 Å². The highest BCUT2D eigenvalue weighted by Gasteiger charge is 2.14. The summed E-state index contributed by atoms with van der Waals surface area (Å²) < 4.78 is 7.48. The second-order valence-corrected chi connectivity index (χ2v) is 4.47. The van der Waals surface area contributed by atoms with Crippen LogP contribution in [-0.2, 0) is 11.3 Å². The van der Waals surface area contributed by atoms with Crippen LogP contribution in [0.25, 0.3) is 5.52 Å². The van der Waals surface area contributed by atoms with Gasteiger partial charge in [-0.3, -0.25) is 0 Å². The molecule has 90 valence electrons. The molecule has 1 saturated heterocycles. The number of nitrogens with one attached hydrogen (secondary N) is 1. The molecule has 0 amide bonds. The quantitative estimate of drug-likeness (QED) is 0.868. The SMILES string of the molecule is c1ccn2ncc(CNCC3CCCO3)c2c1. The first-order valence-electron chi connectivity index (χ1n) is 6.17. The summed E-state index contributed by atoms with van der Waals surface area (Å²) >= 11 is 0. The number of fused-ring (bicyclic) bond motifs is 1. The van der Waals surface area contributed by atoms with Gasteiger partial charge in [0.15, 0.2) is 0 Å². The van der Waals surface area contributed by atoms with Gasteiger partial charge in [-0.1, -0.05) is 6.07 Å². The van der Waals surface area contributed by atoms with E-state index in [1.165, 1.54) is 23.9 Å². The molecule has 0 aromatic carbocycles. The third-order valence-corrected chi connectivity index (χ3v) is 3.22. The molecule has 17 heavy (non-hydrogen) atoms. The molecule has 2 aromatic heterocycles. The van der Waals surface area contributed by atoms with Crippen LogP contribution < -0.4 is 5.32 Å². The Morgan fingerprint density at radius 1 is 1.47 bits per heavy atom. The molecule has 1 aliphatic rings. The molecular weight excluding hydrogens is 214 g/mol. The van der Waals surface area contributed by atoms with E-state index in [1.807, 2.05) is 29.0 Å². The lowest BCUT2D eigenvalue weighted by atomic mass is 10.2. The summed E-state index contributed by atoms with van der Waals surface area (Å²) in [5, 5.41) is 7.76. The van der Waals surface area contributed by atoms with Crippen molar-refractivity contribution in [2.75, 3.05) is 13.2 Å². The van der Waals surface area contributed by atoms with Gasteiger partial charge in [0.2, 0.25) is 0 Å². The van der Waals surface area contributed by atoms with E-state index in [0.717, 1.165) is 19.7 Å². The van der Waals surface area contributed by atoms with E-state index in [-0.39, 0.29) is 0 Å². The van der Waals surface area contributed by atoms with Crippen molar-refractivity contribution in [2.24, 2.45) is 0 Å². The van der Waals surface area contributed by atoms with Crippen molar-refractivity contribution in [1.82, 2.24) is 14.9 Å². The number of ether oxygens (including phenoxy) is 1. The smallest absolute Gasteiger partial charge is 0.0706 e. The van der Waals surface area contributed by atoms with Crippen LogP contribution >= 0.6 is 0 Å². The summed E-state index contributed by atoms with van der Waals surface area (Å²) in [5.41, 5.74) is 2.41. The zero-order valence-electron chi connectivity index (χ0n) is 9.80. The number of nitrogens with zero attached hydrogens (tertiary/aromatic N) is 2. The maximum absolute atomic E-state index is 5.58. The number of pyridine rings is 1. The summed E-state index contributed by atoms with van der Waals surface area (Å²) in [4.78, 5) is 0. The Morgan fingerprint density at radius 3 is 3.35 bits per heavy atom. The minimum atomic E-state index is 0.400. The second kappa shape index (κ2) is 4.85. The average Bonchev–Trinajstić information content (AvgIpc) is 2.99. The van der Waals surface area contributed by atoms with E-state index in [4.69, 9.17) is 4.74 Å². The molecule has 1 unspecified atom stereocenters. The van der Waals surface area contributed by atoms with Gasteiger partial charge in [0.25, 0.3) is 0 Å². The van der Waals surface area contributed by atoms with E-state index < -0.39 is 0 Å². The lowest BCUT2D eigenvalue weighted by Crippen LogP contribution is -2.25. The van der Waals surface area contributed by atoms with Gasteiger partial charge in [-0.25, -0.2) is 4.52 Å². The first kappa shape index (κ1) is 10.7.